The van der Waals surface area contributed by atoms with Crippen LogP contribution in [0.3, 0.4) is 0 Å². The fourth-order valence-corrected chi connectivity index (χ4v) is 3.16. The molecule has 0 aliphatic rings. The first-order valence-electron chi connectivity index (χ1n) is 10.0. The summed E-state index contributed by atoms with van der Waals surface area (Å²) in [7, 11) is 0. The smallest absolute Gasteiger partial charge is 0.256 e. The van der Waals surface area contributed by atoms with Crippen molar-refractivity contribution >= 4 is 11.7 Å². The molecule has 0 bridgehead atoms. The van der Waals surface area contributed by atoms with Crippen LogP contribution in [0.5, 0.6) is 5.75 Å². The van der Waals surface area contributed by atoms with E-state index in [4.69, 9.17) is 4.74 Å². The second kappa shape index (κ2) is 9.43. The van der Waals surface area contributed by atoms with E-state index in [0.717, 1.165) is 11.3 Å². The highest BCUT2D eigenvalue weighted by Gasteiger charge is 2.12. The molecule has 0 unspecified atom stereocenters. The number of nitrogens with one attached hydrogen (secondary N) is 1. The number of halogens is 2. The third-order valence-electron chi connectivity index (χ3n) is 4.94. The van der Waals surface area contributed by atoms with Crippen LogP contribution in [0, 0.1) is 18.6 Å². The van der Waals surface area contributed by atoms with Crippen LogP contribution < -0.4 is 10.1 Å². The number of aryl methyl sites for hydroxylation is 1. The van der Waals surface area contributed by atoms with Gasteiger partial charge in [-0.2, -0.15) is 5.10 Å². The van der Waals surface area contributed by atoms with Crippen LogP contribution in [0.25, 0.3) is 0 Å². The molecule has 5 nitrogen and oxygen atoms in total. The van der Waals surface area contributed by atoms with Crippen molar-refractivity contribution < 1.29 is 18.3 Å². The number of hydrogen-bond donors (Lipinski definition) is 1. The van der Waals surface area contributed by atoms with E-state index in [9.17, 15) is 13.6 Å². The van der Waals surface area contributed by atoms with E-state index in [1.54, 1.807) is 65.3 Å². The van der Waals surface area contributed by atoms with Crippen LogP contribution in [0.15, 0.2) is 78.9 Å². The first-order valence-corrected chi connectivity index (χ1v) is 10.0. The SMILES string of the molecule is Cc1cc(NC(=O)c2ccc(COc3ccc(F)cc3)cc2)nn1Cc1ccccc1F. The van der Waals surface area contributed by atoms with Crippen molar-refractivity contribution in [3.05, 3.63) is 113 Å². The Balaban J connectivity index is 1.36. The Morgan fingerprint density at radius 3 is 2.44 bits per heavy atom. The zero-order valence-electron chi connectivity index (χ0n) is 17.4. The summed E-state index contributed by atoms with van der Waals surface area (Å²) in [5.74, 6) is 0.0464. The van der Waals surface area contributed by atoms with E-state index in [1.807, 2.05) is 6.92 Å². The monoisotopic (exact) mass is 433 g/mol. The minimum atomic E-state index is -0.319. The molecule has 4 aromatic rings. The fraction of sp³-hybridized carbons (Fsp3) is 0.120. The van der Waals surface area contributed by atoms with Crippen molar-refractivity contribution in [2.75, 3.05) is 5.32 Å². The lowest BCUT2D eigenvalue weighted by Gasteiger charge is -2.07. The summed E-state index contributed by atoms with van der Waals surface area (Å²) in [5, 5.41) is 7.14. The number of benzene rings is 3. The van der Waals surface area contributed by atoms with E-state index in [2.05, 4.69) is 10.4 Å². The number of hydrogen-bond acceptors (Lipinski definition) is 3. The van der Waals surface area contributed by atoms with Gasteiger partial charge in [-0.25, -0.2) is 8.78 Å². The molecule has 4 rings (SSSR count). The number of carbonyl (C=O) groups is 1. The number of aromatic nitrogens is 2. The first-order chi connectivity index (χ1) is 15.5. The maximum absolute atomic E-state index is 13.9. The van der Waals surface area contributed by atoms with Gasteiger partial charge in [-0.3, -0.25) is 9.48 Å². The molecule has 1 N–H and O–H groups in total. The molecule has 162 valence electrons. The fourth-order valence-electron chi connectivity index (χ4n) is 3.16. The molecule has 0 saturated carbocycles. The molecule has 0 atom stereocenters. The summed E-state index contributed by atoms with van der Waals surface area (Å²) in [6.45, 7) is 2.42. The summed E-state index contributed by atoms with van der Waals surface area (Å²) in [5.41, 5.74) is 2.67. The van der Waals surface area contributed by atoms with E-state index < -0.39 is 0 Å². The number of ether oxygens (including phenoxy) is 1. The van der Waals surface area contributed by atoms with Gasteiger partial charge in [0.15, 0.2) is 5.82 Å². The highest BCUT2D eigenvalue weighted by molar-refractivity contribution is 6.03. The maximum atomic E-state index is 13.9. The maximum Gasteiger partial charge on any atom is 0.256 e. The summed E-state index contributed by atoms with van der Waals surface area (Å²) >= 11 is 0. The van der Waals surface area contributed by atoms with E-state index in [0.29, 0.717) is 29.3 Å². The number of carbonyl (C=O) groups excluding carboxylic acids is 1. The van der Waals surface area contributed by atoms with Gasteiger partial charge in [-0.1, -0.05) is 30.3 Å². The molecule has 0 fully saturated rings. The Morgan fingerprint density at radius 2 is 1.72 bits per heavy atom. The lowest BCUT2D eigenvalue weighted by Crippen LogP contribution is -2.13. The van der Waals surface area contributed by atoms with Gasteiger partial charge in [0.2, 0.25) is 0 Å². The summed E-state index contributed by atoms with van der Waals surface area (Å²) in [6.07, 6.45) is 0. The number of rotatable bonds is 7. The highest BCUT2D eigenvalue weighted by Crippen LogP contribution is 2.16. The van der Waals surface area contributed by atoms with Gasteiger partial charge in [-0.15, -0.1) is 0 Å². The van der Waals surface area contributed by atoms with Gasteiger partial charge in [0.25, 0.3) is 5.91 Å². The molecule has 0 saturated heterocycles. The van der Waals surface area contributed by atoms with Crippen LogP contribution in [-0.2, 0) is 13.2 Å². The van der Waals surface area contributed by atoms with Crippen molar-refractivity contribution in [2.24, 2.45) is 0 Å². The minimum Gasteiger partial charge on any atom is -0.489 e. The Bertz CT molecular complexity index is 1220. The largest absolute Gasteiger partial charge is 0.489 e. The second-order valence-corrected chi connectivity index (χ2v) is 7.31. The molecule has 0 aliphatic carbocycles. The Morgan fingerprint density at radius 1 is 1.00 bits per heavy atom. The Labute approximate surface area is 184 Å². The lowest BCUT2D eigenvalue weighted by molar-refractivity contribution is 0.102. The predicted octanol–water partition coefficient (Wildman–Crippen LogP) is 5.35. The first kappa shape index (κ1) is 21.2. The summed E-state index contributed by atoms with van der Waals surface area (Å²) in [6, 6.07) is 21.0. The van der Waals surface area contributed by atoms with Crippen LogP contribution in [-0.4, -0.2) is 15.7 Å². The summed E-state index contributed by atoms with van der Waals surface area (Å²) < 4.78 is 34.1. The lowest BCUT2D eigenvalue weighted by atomic mass is 10.1. The predicted molar refractivity (Wildman–Crippen MR) is 118 cm³/mol. The number of amides is 1. The topological polar surface area (TPSA) is 56.1 Å². The normalized spacial score (nSPS) is 10.7. The molecule has 1 amide bonds. The van der Waals surface area contributed by atoms with Crippen molar-refractivity contribution in [3.63, 3.8) is 0 Å². The molecule has 7 heteroatoms. The van der Waals surface area contributed by atoms with Gasteiger partial charge >= 0.3 is 0 Å². The van der Waals surface area contributed by atoms with Crippen molar-refractivity contribution in [1.29, 1.82) is 0 Å². The molecule has 1 aromatic heterocycles. The molecule has 3 aromatic carbocycles. The molecular weight excluding hydrogens is 412 g/mol. The van der Waals surface area contributed by atoms with E-state index in [1.165, 1.54) is 18.2 Å². The van der Waals surface area contributed by atoms with Gasteiger partial charge in [-0.05, 0) is 55.0 Å². The molecule has 0 spiro atoms. The van der Waals surface area contributed by atoms with Crippen LogP contribution in [0.1, 0.15) is 27.2 Å². The average Bonchev–Trinajstić information content (AvgIpc) is 3.13. The molecule has 0 radical (unpaired) electrons. The molecule has 0 aliphatic heterocycles. The van der Waals surface area contributed by atoms with E-state index in [-0.39, 0.29) is 24.1 Å². The second-order valence-electron chi connectivity index (χ2n) is 7.31. The van der Waals surface area contributed by atoms with Crippen molar-refractivity contribution in [2.45, 2.75) is 20.1 Å². The van der Waals surface area contributed by atoms with Crippen molar-refractivity contribution in [1.82, 2.24) is 9.78 Å². The molecule has 32 heavy (non-hydrogen) atoms. The Hall–Kier alpha value is -4.00. The average molecular weight is 433 g/mol. The van der Waals surface area contributed by atoms with E-state index >= 15 is 0 Å². The number of nitrogens with zero attached hydrogens (tertiary/aromatic N) is 2. The zero-order chi connectivity index (χ0) is 22.5. The Kier molecular flexibility index (Phi) is 6.26. The molecular formula is C25H21F2N3O2. The number of anilines is 1. The van der Waals surface area contributed by atoms with Crippen molar-refractivity contribution in [3.8, 4) is 5.75 Å². The van der Waals surface area contributed by atoms with Gasteiger partial charge < -0.3 is 10.1 Å². The van der Waals surface area contributed by atoms with Gasteiger partial charge in [0.05, 0.1) is 6.54 Å². The summed E-state index contributed by atoms with van der Waals surface area (Å²) in [4.78, 5) is 12.6. The van der Waals surface area contributed by atoms with Crippen LogP contribution in [0.2, 0.25) is 0 Å². The van der Waals surface area contributed by atoms with Crippen LogP contribution >= 0.6 is 0 Å². The van der Waals surface area contributed by atoms with Crippen LogP contribution in [0.4, 0.5) is 14.6 Å². The van der Waals surface area contributed by atoms with Gasteiger partial charge in [0.1, 0.15) is 24.0 Å². The van der Waals surface area contributed by atoms with Gasteiger partial charge in [0, 0.05) is 22.9 Å². The quantitative estimate of drug-likeness (QED) is 0.428. The third-order valence-corrected chi connectivity index (χ3v) is 4.94. The highest BCUT2D eigenvalue weighted by atomic mass is 19.1. The standard InChI is InChI=1S/C25H21F2N3O2/c1-17-14-24(29-30(17)15-20-4-2-3-5-23(20)27)28-25(31)19-8-6-18(7-9-19)16-32-22-12-10-21(26)11-13-22/h2-14H,15-16H2,1H3,(H,28,29,31). The third kappa shape index (κ3) is 5.18. The minimum absolute atomic E-state index is 0.275. The zero-order valence-corrected chi connectivity index (χ0v) is 17.4. The molecule has 1 heterocycles.